The van der Waals surface area contributed by atoms with Crippen molar-refractivity contribution in [2.45, 2.75) is 51.8 Å². The van der Waals surface area contributed by atoms with E-state index >= 15 is 0 Å². The number of aliphatic hydroxyl groups is 1. The molecule has 1 amide bonds. The molecule has 0 aliphatic carbocycles. The van der Waals surface area contributed by atoms with Gasteiger partial charge in [0, 0.05) is 38.8 Å². The van der Waals surface area contributed by atoms with Gasteiger partial charge in [0.25, 0.3) is 0 Å². The molecular weight excluding hydrogens is 311 g/mol. The van der Waals surface area contributed by atoms with Crippen LogP contribution in [0.5, 0.6) is 0 Å². The Bertz CT molecular complexity index is 535. The highest BCUT2D eigenvalue weighted by Crippen LogP contribution is 2.40. The Morgan fingerprint density at radius 2 is 1.91 bits per heavy atom. The summed E-state index contributed by atoms with van der Waals surface area (Å²) in [5.74, 6) is -0.821. The minimum atomic E-state index is -4.89. The van der Waals surface area contributed by atoms with Crippen molar-refractivity contribution in [1.29, 1.82) is 0 Å². The van der Waals surface area contributed by atoms with E-state index in [-0.39, 0.29) is 24.3 Å². The summed E-state index contributed by atoms with van der Waals surface area (Å²) in [7, 11) is 1.38. The highest BCUT2D eigenvalue weighted by Gasteiger charge is 2.57. The Labute approximate surface area is 133 Å². The quantitative estimate of drug-likeness (QED) is 0.839. The van der Waals surface area contributed by atoms with E-state index in [1.54, 1.807) is 0 Å². The number of nitrogens with zero attached hydrogens (tertiary/aromatic N) is 2. The number of amides is 1. The standard InChI is InChI=1S/C15H24F3N3O2/c1-13(2,3)6-5-11(22)19-8-7-14(23,15(16,17)18)12-20-9-10-21(12)4/h9-10,23H,5-8H2,1-4H3,(H,19,22). The van der Waals surface area contributed by atoms with E-state index in [4.69, 9.17) is 0 Å². The molecule has 0 spiro atoms. The monoisotopic (exact) mass is 335 g/mol. The van der Waals surface area contributed by atoms with E-state index < -0.39 is 24.0 Å². The molecule has 0 saturated heterocycles. The average Bonchev–Trinajstić information content (AvgIpc) is 2.80. The molecule has 1 rings (SSSR count). The third-order valence-corrected chi connectivity index (χ3v) is 3.57. The highest BCUT2D eigenvalue weighted by molar-refractivity contribution is 5.75. The Kier molecular flexibility index (Phi) is 5.84. The van der Waals surface area contributed by atoms with E-state index in [2.05, 4.69) is 10.3 Å². The van der Waals surface area contributed by atoms with Crippen LogP contribution in [0.3, 0.4) is 0 Å². The minimum absolute atomic E-state index is 0.0307. The highest BCUT2D eigenvalue weighted by atomic mass is 19.4. The smallest absolute Gasteiger partial charge is 0.374 e. The van der Waals surface area contributed by atoms with Crippen molar-refractivity contribution in [3.05, 3.63) is 18.2 Å². The van der Waals surface area contributed by atoms with Gasteiger partial charge in [0.05, 0.1) is 0 Å². The van der Waals surface area contributed by atoms with Crippen molar-refractivity contribution in [3.8, 4) is 0 Å². The molecule has 1 aromatic rings. The molecule has 0 aliphatic heterocycles. The van der Waals surface area contributed by atoms with Crippen molar-refractivity contribution in [2.75, 3.05) is 6.54 Å². The largest absolute Gasteiger partial charge is 0.424 e. The van der Waals surface area contributed by atoms with Gasteiger partial charge < -0.3 is 15.0 Å². The molecule has 0 saturated carbocycles. The van der Waals surface area contributed by atoms with Crippen molar-refractivity contribution in [2.24, 2.45) is 12.5 Å². The Balaban J connectivity index is 2.68. The summed E-state index contributed by atoms with van der Waals surface area (Å²) in [4.78, 5) is 15.3. The van der Waals surface area contributed by atoms with Crippen LogP contribution in [0.1, 0.15) is 45.9 Å². The van der Waals surface area contributed by atoms with Gasteiger partial charge in [-0.15, -0.1) is 0 Å². The molecule has 2 N–H and O–H groups in total. The zero-order valence-corrected chi connectivity index (χ0v) is 13.9. The second kappa shape index (κ2) is 6.90. The van der Waals surface area contributed by atoms with Crippen LogP contribution in [0, 0.1) is 5.41 Å². The maximum atomic E-state index is 13.3. The summed E-state index contributed by atoms with van der Waals surface area (Å²) in [5, 5.41) is 12.5. The van der Waals surface area contributed by atoms with Crippen LogP contribution in [-0.2, 0) is 17.4 Å². The molecule has 132 valence electrons. The molecule has 0 bridgehead atoms. The first-order valence-corrected chi connectivity index (χ1v) is 7.40. The first kappa shape index (κ1) is 19.5. The number of hydrogen-bond donors (Lipinski definition) is 2. The third-order valence-electron chi connectivity index (χ3n) is 3.57. The van der Waals surface area contributed by atoms with E-state index in [9.17, 15) is 23.1 Å². The first-order chi connectivity index (χ1) is 10.4. The topological polar surface area (TPSA) is 67.2 Å². The molecule has 8 heteroatoms. The van der Waals surface area contributed by atoms with E-state index in [0.717, 1.165) is 4.57 Å². The molecule has 1 atom stereocenters. The maximum Gasteiger partial charge on any atom is 0.424 e. The number of hydrogen-bond acceptors (Lipinski definition) is 3. The van der Waals surface area contributed by atoms with Crippen molar-refractivity contribution in [3.63, 3.8) is 0 Å². The van der Waals surface area contributed by atoms with Crippen molar-refractivity contribution >= 4 is 5.91 Å². The number of aromatic nitrogens is 2. The fraction of sp³-hybridized carbons (Fsp3) is 0.733. The lowest BCUT2D eigenvalue weighted by molar-refractivity contribution is -0.272. The summed E-state index contributed by atoms with van der Waals surface area (Å²) in [5.41, 5.74) is -3.13. The lowest BCUT2D eigenvalue weighted by Gasteiger charge is -2.30. The molecule has 0 aliphatic rings. The van der Waals surface area contributed by atoms with E-state index in [1.807, 2.05) is 20.8 Å². The van der Waals surface area contributed by atoms with Gasteiger partial charge in [-0.3, -0.25) is 4.79 Å². The summed E-state index contributed by atoms with van der Waals surface area (Å²) in [6.07, 6.45) is -2.20. The number of halogens is 3. The zero-order valence-electron chi connectivity index (χ0n) is 13.9. The van der Waals surface area contributed by atoms with Gasteiger partial charge in [0.2, 0.25) is 11.5 Å². The van der Waals surface area contributed by atoms with Gasteiger partial charge in [-0.05, 0) is 11.8 Å². The number of rotatable bonds is 6. The molecule has 23 heavy (non-hydrogen) atoms. The van der Waals surface area contributed by atoms with Crippen LogP contribution < -0.4 is 5.32 Å². The minimum Gasteiger partial charge on any atom is -0.374 e. The number of alkyl halides is 3. The molecule has 1 aromatic heterocycles. The molecule has 0 aromatic carbocycles. The number of carbonyl (C=O) groups is 1. The van der Waals surface area contributed by atoms with Crippen LogP contribution in [0.4, 0.5) is 13.2 Å². The fourth-order valence-electron chi connectivity index (χ4n) is 2.10. The Morgan fingerprint density at radius 3 is 2.35 bits per heavy atom. The zero-order chi connectivity index (χ0) is 17.9. The molecule has 0 radical (unpaired) electrons. The Hall–Kier alpha value is -1.57. The summed E-state index contributed by atoms with van der Waals surface area (Å²) in [6, 6.07) is 0. The SMILES string of the molecule is Cn1ccnc1C(O)(CCNC(=O)CCC(C)(C)C)C(F)(F)F. The Morgan fingerprint density at radius 1 is 1.30 bits per heavy atom. The van der Waals surface area contributed by atoms with Crippen LogP contribution in [0.2, 0.25) is 0 Å². The number of aryl methyl sites for hydroxylation is 1. The summed E-state index contributed by atoms with van der Waals surface area (Å²) < 4.78 is 40.9. The van der Waals surface area contributed by atoms with E-state index in [1.165, 1.54) is 19.4 Å². The molecule has 1 unspecified atom stereocenters. The van der Waals surface area contributed by atoms with Gasteiger partial charge in [-0.25, -0.2) is 4.98 Å². The van der Waals surface area contributed by atoms with Crippen molar-refractivity contribution < 1.29 is 23.1 Å². The van der Waals surface area contributed by atoms with Gasteiger partial charge in [0.15, 0.2) is 0 Å². The van der Waals surface area contributed by atoms with Crippen LogP contribution in [-0.4, -0.2) is 33.3 Å². The third kappa shape index (κ3) is 5.23. The second-order valence-electron chi connectivity index (χ2n) is 6.88. The molecule has 1 heterocycles. The normalized spacial score (nSPS) is 15.3. The molecule has 5 nitrogen and oxygen atoms in total. The van der Waals surface area contributed by atoms with Gasteiger partial charge in [-0.1, -0.05) is 20.8 Å². The predicted molar refractivity (Wildman–Crippen MR) is 79.5 cm³/mol. The fourth-order valence-corrected chi connectivity index (χ4v) is 2.10. The lowest BCUT2D eigenvalue weighted by atomic mass is 9.90. The molecule has 0 fully saturated rings. The van der Waals surface area contributed by atoms with Gasteiger partial charge in [-0.2, -0.15) is 13.2 Å². The van der Waals surface area contributed by atoms with Gasteiger partial charge in [0.1, 0.15) is 5.82 Å². The van der Waals surface area contributed by atoms with Crippen molar-refractivity contribution in [1.82, 2.24) is 14.9 Å². The first-order valence-electron chi connectivity index (χ1n) is 7.40. The van der Waals surface area contributed by atoms with Crippen LogP contribution in [0.25, 0.3) is 0 Å². The van der Waals surface area contributed by atoms with Crippen LogP contribution in [0.15, 0.2) is 12.4 Å². The predicted octanol–water partition coefficient (Wildman–Crippen LogP) is 2.50. The summed E-state index contributed by atoms with van der Waals surface area (Å²) >= 11 is 0. The number of carbonyl (C=O) groups excluding carboxylic acids is 1. The summed E-state index contributed by atoms with van der Waals surface area (Å²) in [6.45, 7) is 5.64. The number of nitrogens with one attached hydrogen (secondary N) is 1. The van der Waals surface area contributed by atoms with E-state index in [0.29, 0.717) is 6.42 Å². The number of imidazole rings is 1. The lowest BCUT2D eigenvalue weighted by Crippen LogP contribution is -2.46. The maximum absolute atomic E-state index is 13.3. The van der Waals surface area contributed by atoms with Gasteiger partial charge >= 0.3 is 6.18 Å². The van der Waals surface area contributed by atoms with Crippen LogP contribution >= 0.6 is 0 Å². The second-order valence-corrected chi connectivity index (χ2v) is 6.88. The average molecular weight is 335 g/mol. The molecular formula is C15H24F3N3O2.